The lowest BCUT2D eigenvalue weighted by atomic mass is 10.2. The Hall–Kier alpha value is -1.54. The molecule has 8 nitrogen and oxygen atoms in total. The molecule has 1 amide bonds. The molecule has 0 spiro atoms. The van der Waals surface area contributed by atoms with Crippen molar-refractivity contribution in [3.63, 3.8) is 0 Å². The van der Waals surface area contributed by atoms with E-state index < -0.39 is 11.7 Å². The smallest absolute Gasteiger partial charge is 0.407 e. The van der Waals surface area contributed by atoms with Gasteiger partial charge in [0.05, 0.1) is 0 Å². The minimum absolute atomic E-state index is 0.397. The first-order chi connectivity index (χ1) is 12.3. The van der Waals surface area contributed by atoms with E-state index in [2.05, 4.69) is 37.8 Å². The van der Waals surface area contributed by atoms with Gasteiger partial charge in [-0.2, -0.15) is 0 Å². The second kappa shape index (κ2) is 12.0. The van der Waals surface area contributed by atoms with Gasteiger partial charge < -0.3 is 30.5 Å². The van der Waals surface area contributed by atoms with Gasteiger partial charge in [-0.15, -0.1) is 0 Å². The molecular formula is C18H38N6O2. The number of likely N-dealkylation sites (N-methyl/N-ethyl adjacent to an activating group) is 1. The Kier molecular flexibility index (Phi) is 10.3. The van der Waals surface area contributed by atoms with E-state index >= 15 is 0 Å². The van der Waals surface area contributed by atoms with Gasteiger partial charge >= 0.3 is 6.09 Å². The molecule has 8 heteroatoms. The number of carbonyl (C=O) groups is 1. The first kappa shape index (κ1) is 22.5. The van der Waals surface area contributed by atoms with Gasteiger partial charge in [0.2, 0.25) is 0 Å². The molecule has 0 saturated carbocycles. The number of guanidine groups is 1. The number of nitrogens with zero attached hydrogens (tertiary/aromatic N) is 3. The number of hydrogen-bond donors (Lipinski definition) is 3. The van der Waals surface area contributed by atoms with Gasteiger partial charge in [-0.05, 0) is 47.2 Å². The average molecular weight is 371 g/mol. The van der Waals surface area contributed by atoms with E-state index in [9.17, 15) is 4.79 Å². The first-order valence-electron chi connectivity index (χ1n) is 9.62. The number of nitrogens with one attached hydrogen (secondary N) is 3. The summed E-state index contributed by atoms with van der Waals surface area (Å²) in [4.78, 5) is 20.7. The predicted molar refractivity (Wildman–Crippen MR) is 107 cm³/mol. The van der Waals surface area contributed by atoms with E-state index in [1.165, 1.54) is 39.1 Å². The zero-order valence-corrected chi connectivity index (χ0v) is 17.2. The summed E-state index contributed by atoms with van der Waals surface area (Å²) in [6.07, 6.45) is 1.91. The standard InChI is InChI=1S/C18H38N6O2/c1-18(2,3)26-17(25)22-10-9-21-16(19-4)20-8-6-7-11-24-14-12-23(5)13-15-24/h6-15H2,1-5H3,(H,22,25)(H2,19,20,21). The molecule has 1 saturated heterocycles. The van der Waals surface area contributed by atoms with Gasteiger partial charge in [-0.3, -0.25) is 4.99 Å². The Bertz CT molecular complexity index is 428. The van der Waals surface area contributed by atoms with Crippen LogP contribution in [-0.2, 0) is 4.74 Å². The molecule has 1 fully saturated rings. The van der Waals surface area contributed by atoms with Crippen molar-refractivity contribution in [3.8, 4) is 0 Å². The van der Waals surface area contributed by atoms with Gasteiger partial charge in [0, 0.05) is 52.9 Å². The number of piperazine rings is 1. The number of alkyl carbamates (subject to hydrolysis) is 1. The molecule has 26 heavy (non-hydrogen) atoms. The number of rotatable bonds is 8. The Morgan fingerprint density at radius 1 is 1.00 bits per heavy atom. The fourth-order valence-electron chi connectivity index (χ4n) is 2.62. The number of amides is 1. The summed E-state index contributed by atoms with van der Waals surface area (Å²) in [5, 5.41) is 9.21. The minimum Gasteiger partial charge on any atom is -0.444 e. The highest BCUT2D eigenvalue weighted by Crippen LogP contribution is 2.06. The highest BCUT2D eigenvalue weighted by atomic mass is 16.6. The summed E-state index contributed by atoms with van der Waals surface area (Å²) in [6, 6.07) is 0. The van der Waals surface area contributed by atoms with E-state index in [-0.39, 0.29) is 0 Å². The summed E-state index contributed by atoms with van der Waals surface area (Å²) in [5.41, 5.74) is -0.473. The van der Waals surface area contributed by atoms with Crippen LogP contribution in [0.15, 0.2) is 4.99 Å². The monoisotopic (exact) mass is 370 g/mol. The minimum atomic E-state index is -0.473. The number of aliphatic imine (C=N–C) groups is 1. The number of ether oxygens (including phenoxy) is 1. The van der Waals surface area contributed by atoms with Crippen LogP contribution in [0.5, 0.6) is 0 Å². The molecule has 0 aromatic carbocycles. The molecule has 0 aromatic rings. The highest BCUT2D eigenvalue weighted by Gasteiger charge is 2.15. The van der Waals surface area contributed by atoms with Crippen molar-refractivity contribution in [2.75, 3.05) is 66.5 Å². The average Bonchev–Trinajstić information content (AvgIpc) is 2.56. The molecule has 3 N–H and O–H groups in total. The van der Waals surface area contributed by atoms with Crippen LogP contribution < -0.4 is 16.0 Å². The van der Waals surface area contributed by atoms with E-state index in [0.717, 1.165) is 18.9 Å². The zero-order valence-electron chi connectivity index (χ0n) is 17.2. The normalized spacial score (nSPS) is 17.0. The van der Waals surface area contributed by atoms with Crippen LogP contribution in [0.3, 0.4) is 0 Å². The summed E-state index contributed by atoms with van der Waals surface area (Å²) >= 11 is 0. The van der Waals surface area contributed by atoms with Gasteiger partial charge in [-0.25, -0.2) is 4.79 Å². The molecule has 0 aromatic heterocycles. The van der Waals surface area contributed by atoms with E-state index in [1.54, 1.807) is 7.05 Å². The molecule has 152 valence electrons. The van der Waals surface area contributed by atoms with Crippen LogP contribution in [0, 0.1) is 0 Å². The Labute approximate surface area is 158 Å². The van der Waals surface area contributed by atoms with E-state index in [4.69, 9.17) is 4.74 Å². The largest absolute Gasteiger partial charge is 0.444 e. The van der Waals surface area contributed by atoms with Crippen molar-refractivity contribution in [2.24, 2.45) is 4.99 Å². The maximum absolute atomic E-state index is 11.6. The molecular weight excluding hydrogens is 332 g/mol. The van der Waals surface area contributed by atoms with Crippen LogP contribution in [0.2, 0.25) is 0 Å². The van der Waals surface area contributed by atoms with Gasteiger partial charge in [-0.1, -0.05) is 0 Å². The quantitative estimate of drug-likeness (QED) is 0.332. The second-order valence-electron chi connectivity index (χ2n) is 7.71. The van der Waals surface area contributed by atoms with Gasteiger partial charge in [0.25, 0.3) is 0 Å². The zero-order chi connectivity index (χ0) is 19.4. The van der Waals surface area contributed by atoms with Crippen LogP contribution in [0.1, 0.15) is 33.6 Å². The topological polar surface area (TPSA) is 81.2 Å². The maximum Gasteiger partial charge on any atom is 0.407 e. The number of carbonyl (C=O) groups excluding carboxylic acids is 1. The molecule has 0 aliphatic carbocycles. The Morgan fingerprint density at radius 3 is 2.23 bits per heavy atom. The summed E-state index contributed by atoms with van der Waals surface area (Å²) < 4.78 is 5.19. The lowest BCUT2D eigenvalue weighted by Gasteiger charge is -2.32. The first-order valence-corrected chi connectivity index (χ1v) is 9.62. The van der Waals surface area contributed by atoms with Crippen molar-refractivity contribution < 1.29 is 9.53 Å². The maximum atomic E-state index is 11.6. The van der Waals surface area contributed by atoms with Crippen LogP contribution in [-0.4, -0.2) is 93.9 Å². The van der Waals surface area contributed by atoms with Crippen molar-refractivity contribution in [1.29, 1.82) is 0 Å². The molecule has 0 atom stereocenters. The second-order valence-corrected chi connectivity index (χ2v) is 7.71. The van der Waals surface area contributed by atoms with Crippen molar-refractivity contribution in [1.82, 2.24) is 25.8 Å². The number of hydrogen-bond acceptors (Lipinski definition) is 5. The van der Waals surface area contributed by atoms with Crippen LogP contribution in [0.25, 0.3) is 0 Å². The third-order valence-electron chi connectivity index (χ3n) is 4.10. The molecule has 0 bridgehead atoms. The van der Waals surface area contributed by atoms with Crippen LogP contribution >= 0.6 is 0 Å². The SMILES string of the molecule is CN=C(NCCCCN1CCN(C)CC1)NCCNC(=O)OC(C)(C)C. The van der Waals surface area contributed by atoms with E-state index in [0.29, 0.717) is 13.1 Å². The Balaban J connectivity index is 2.02. The van der Waals surface area contributed by atoms with Crippen molar-refractivity contribution in [3.05, 3.63) is 0 Å². The van der Waals surface area contributed by atoms with Gasteiger partial charge in [0.15, 0.2) is 5.96 Å². The van der Waals surface area contributed by atoms with Crippen molar-refractivity contribution >= 4 is 12.1 Å². The fourth-order valence-corrected chi connectivity index (χ4v) is 2.62. The molecule has 1 aliphatic rings. The molecule has 1 aliphatic heterocycles. The lowest BCUT2D eigenvalue weighted by molar-refractivity contribution is 0.0529. The van der Waals surface area contributed by atoms with E-state index in [1.807, 2.05) is 20.8 Å². The molecule has 1 rings (SSSR count). The molecule has 0 radical (unpaired) electrons. The lowest BCUT2D eigenvalue weighted by Crippen LogP contribution is -2.45. The third-order valence-corrected chi connectivity index (χ3v) is 4.10. The summed E-state index contributed by atoms with van der Waals surface area (Å²) in [7, 11) is 3.93. The number of unbranched alkanes of at least 4 members (excludes halogenated alkanes) is 1. The molecule has 0 unspecified atom stereocenters. The fraction of sp³-hybridized carbons (Fsp3) is 0.889. The third kappa shape index (κ3) is 11.1. The Morgan fingerprint density at radius 2 is 1.62 bits per heavy atom. The predicted octanol–water partition coefficient (Wildman–Crippen LogP) is 0.704. The summed E-state index contributed by atoms with van der Waals surface area (Å²) in [5.74, 6) is 0.760. The van der Waals surface area contributed by atoms with Crippen molar-refractivity contribution in [2.45, 2.75) is 39.2 Å². The highest BCUT2D eigenvalue weighted by molar-refractivity contribution is 5.79. The van der Waals surface area contributed by atoms with Gasteiger partial charge in [0.1, 0.15) is 5.60 Å². The summed E-state index contributed by atoms with van der Waals surface area (Å²) in [6.45, 7) is 13.4. The molecule has 1 heterocycles. The van der Waals surface area contributed by atoms with Crippen LogP contribution in [0.4, 0.5) is 4.79 Å².